The topological polar surface area (TPSA) is 74.8 Å². The number of amides is 1. The van der Waals surface area contributed by atoms with Crippen molar-refractivity contribution in [2.45, 2.75) is 11.7 Å². The molecule has 22 heavy (non-hydrogen) atoms. The summed E-state index contributed by atoms with van der Waals surface area (Å²) in [6.07, 6.45) is 0. The minimum Gasteiger partial charge on any atom is -0.351 e. The number of rotatable bonds is 5. The number of aromatic nitrogens is 2. The highest BCUT2D eigenvalue weighted by atomic mass is 32.2. The Bertz CT molecular complexity index is 843. The van der Waals surface area contributed by atoms with Gasteiger partial charge in [-0.1, -0.05) is 42.1 Å². The van der Waals surface area contributed by atoms with Crippen LogP contribution in [0.4, 0.5) is 0 Å². The molecule has 0 aliphatic heterocycles. The largest absolute Gasteiger partial charge is 0.351 e. The molecule has 0 atom stereocenters. The van der Waals surface area contributed by atoms with Crippen molar-refractivity contribution in [1.82, 2.24) is 15.3 Å². The zero-order valence-electron chi connectivity index (χ0n) is 11.5. The Balaban J connectivity index is 1.57. The molecular formula is C15H13N3O2S2. The van der Waals surface area contributed by atoms with Crippen molar-refractivity contribution in [3.8, 4) is 0 Å². The first-order valence-electron chi connectivity index (χ1n) is 6.63. The van der Waals surface area contributed by atoms with Gasteiger partial charge in [0, 0.05) is 6.54 Å². The molecule has 2 N–H and O–H groups in total. The number of aromatic amines is 1. The number of benzene rings is 1. The smallest absolute Gasteiger partial charge is 0.260 e. The Morgan fingerprint density at radius 2 is 2.09 bits per heavy atom. The first-order chi connectivity index (χ1) is 10.7. The molecule has 0 aliphatic rings. The Morgan fingerprint density at radius 3 is 2.91 bits per heavy atom. The minimum atomic E-state index is -0.168. The van der Waals surface area contributed by atoms with Gasteiger partial charge in [-0.05, 0) is 17.0 Å². The van der Waals surface area contributed by atoms with Crippen LogP contribution in [0.1, 0.15) is 5.56 Å². The van der Waals surface area contributed by atoms with Gasteiger partial charge in [-0.2, -0.15) is 0 Å². The van der Waals surface area contributed by atoms with E-state index in [1.165, 1.54) is 23.1 Å². The molecule has 0 spiro atoms. The van der Waals surface area contributed by atoms with Crippen LogP contribution < -0.4 is 10.9 Å². The van der Waals surface area contributed by atoms with E-state index in [-0.39, 0.29) is 17.2 Å². The predicted molar refractivity (Wildman–Crippen MR) is 89.3 cm³/mol. The molecule has 2 heterocycles. The average molecular weight is 331 g/mol. The molecule has 0 saturated heterocycles. The van der Waals surface area contributed by atoms with Crippen molar-refractivity contribution in [2.75, 3.05) is 5.75 Å². The summed E-state index contributed by atoms with van der Waals surface area (Å²) in [5, 5.41) is 5.72. The number of thioether (sulfide) groups is 1. The summed E-state index contributed by atoms with van der Waals surface area (Å²) in [4.78, 5) is 31.4. The minimum absolute atomic E-state index is 0.0946. The molecule has 0 saturated carbocycles. The van der Waals surface area contributed by atoms with E-state index in [1.807, 2.05) is 35.7 Å². The summed E-state index contributed by atoms with van der Waals surface area (Å²) in [6.45, 7) is 0.494. The predicted octanol–water partition coefficient (Wildman–Crippen LogP) is 2.39. The van der Waals surface area contributed by atoms with Crippen molar-refractivity contribution in [3.63, 3.8) is 0 Å². The van der Waals surface area contributed by atoms with E-state index < -0.39 is 0 Å². The maximum atomic E-state index is 11.8. The lowest BCUT2D eigenvalue weighted by Crippen LogP contribution is -2.24. The van der Waals surface area contributed by atoms with Crippen LogP contribution in [0.3, 0.4) is 0 Å². The molecular weight excluding hydrogens is 318 g/mol. The molecule has 5 nitrogen and oxygen atoms in total. The lowest BCUT2D eigenvalue weighted by molar-refractivity contribution is -0.118. The fraction of sp³-hybridized carbons (Fsp3) is 0.133. The Labute approximate surface area is 134 Å². The first-order valence-corrected chi connectivity index (χ1v) is 8.50. The van der Waals surface area contributed by atoms with E-state index in [2.05, 4.69) is 15.3 Å². The normalized spacial score (nSPS) is 10.7. The molecule has 1 aromatic carbocycles. The Morgan fingerprint density at radius 1 is 1.27 bits per heavy atom. The molecule has 2 aromatic heterocycles. The summed E-state index contributed by atoms with van der Waals surface area (Å²) in [7, 11) is 0. The van der Waals surface area contributed by atoms with Crippen molar-refractivity contribution in [2.24, 2.45) is 0 Å². The summed E-state index contributed by atoms with van der Waals surface area (Å²) < 4.78 is 0. The van der Waals surface area contributed by atoms with Crippen LogP contribution in [0.25, 0.3) is 10.2 Å². The third-order valence-electron chi connectivity index (χ3n) is 2.99. The highest BCUT2D eigenvalue weighted by Gasteiger charge is 2.08. The molecule has 1 amide bonds. The second-order valence-corrected chi connectivity index (χ2v) is 6.42. The van der Waals surface area contributed by atoms with E-state index in [9.17, 15) is 9.59 Å². The van der Waals surface area contributed by atoms with Crippen LogP contribution >= 0.6 is 23.1 Å². The SMILES string of the molecule is O=C(CSc1nc2sccc2c(=O)[nH]1)NCc1ccccc1. The van der Waals surface area contributed by atoms with Crippen LogP contribution in [0.5, 0.6) is 0 Å². The summed E-state index contributed by atoms with van der Waals surface area (Å²) in [6, 6.07) is 11.5. The van der Waals surface area contributed by atoms with E-state index >= 15 is 0 Å². The number of thiophene rings is 1. The van der Waals surface area contributed by atoms with Gasteiger partial charge >= 0.3 is 0 Å². The molecule has 0 radical (unpaired) electrons. The first kappa shape index (κ1) is 14.8. The molecule has 0 fully saturated rings. The number of nitrogens with one attached hydrogen (secondary N) is 2. The Hall–Kier alpha value is -2.12. The maximum Gasteiger partial charge on any atom is 0.260 e. The molecule has 0 unspecified atom stereocenters. The van der Waals surface area contributed by atoms with E-state index in [1.54, 1.807) is 6.07 Å². The number of carbonyl (C=O) groups is 1. The highest BCUT2D eigenvalue weighted by Crippen LogP contribution is 2.18. The molecule has 7 heteroatoms. The molecule has 0 aliphatic carbocycles. The van der Waals surface area contributed by atoms with Gasteiger partial charge in [0.05, 0.1) is 11.1 Å². The van der Waals surface area contributed by atoms with Gasteiger partial charge in [0.1, 0.15) is 4.83 Å². The number of hydrogen-bond acceptors (Lipinski definition) is 5. The van der Waals surface area contributed by atoms with Crippen molar-refractivity contribution < 1.29 is 4.79 Å². The number of hydrogen-bond donors (Lipinski definition) is 2. The van der Waals surface area contributed by atoms with E-state index in [0.29, 0.717) is 21.9 Å². The lowest BCUT2D eigenvalue weighted by atomic mass is 10.2. The van der Waals surface area contributed by atoms with Crippen molar-refractivity contribution in [1.29, 1.82) is 0 Å². The third kappa shape index (κ3) is 3.55. The van der Waals surface area contributed by atoms with Gasteiger partial charge in [-0.25, -0.2) is 4.98 Å². The fourth-order valence-corrected chi connectivity index (χ4v) is 3.41. The number of nitrogens with zero attached hydrogens (tertiary/aromatic N) is 1. The quantitative estimate of drug-likeness (QED) is 0.556. The number of carbonyl (C=O) groups excluding carboxylic acids is 1. The maximum absolute atomic E-state index is 11.8. The molecule has 3 rings (SSSR count). The zero-order valence-corrected chi connectivity index (χ0v) is 13.2. The van der Waals surface area contributed by atoms with Crippen LogP contribution in [0, 0.1) is 0 Å². The summed E-state index contributed by atoms with van der Waals surface area (Å²) in [5.74, 6) is 0.120. The summed E-state index contributed by atoms with van der Waals surface area (Å²) in [5.41, 5.74) is 0.880. The molecule has 112 valence electrons. The van der Waals surface area contributed by atoms with Gasteiger partial charge in [0.25, 0.3) is 5.56 Å². The van der Waals surface area contributed by atoms with Gasteiger partial charge in [-0.15, -0.1) is 11.3 Å². The van der Waals surface area contributed by atoms with Crippen molar-refractivity contribution >= 4 is 39.2 Å². The van der Waals surface area contributed by atoms with Crippen molar-refractivity contribution in [3.05, 3.63) is 57.7 Å². The fourth-order valence-electron chi connectivity index (χ4n) is 1.90. The van der Waals surface area contributed by atoms with E-state index in [4.69, 9.17) is 0 Å². The van der Waals surface area contributed by atoms with Crippen LogP contribution in [-0.4, -0.2) is 21.6 Å². The second kappa shape index (κ2) is 6.76. The molecule has 0 bridgehead atoms. The van der Waals surface area contributed by atoms with E-state index in [0.717, 1.165) is 5.56 Å². The highest BCUT2D eigenvalue weighted by molar-refractivity contribution is 7.99. The zero-order chi connectivity index (χ0) is 15.4. The Kier molecular flexibility index (Phi) is 4.55. The number of H-pyrrole nitrogens is 1. The van der Waals surface area contributed by atoms with Crippen LogP contribution in [0.2, 0.25) is 0 Å². The van der Waals surface area contributed by atoms with Gasteiger partial charge in [-0.3, -0.25) is 9.59 Å². The van der Waals surface area contributed by atoms with Gasteiger partial charge in [0.15, 0.2) is 5.16 Å². The number of fused-ring (bicyclic) bond motifs is 1. The van der Waals surface area contributed by atoms with Gasteiger partial charge in [0.2, 0.25) is 5.91 Å². The lowest BCUT2D eigenvalue weighted by Gasteiger charge is -2.05. The van der Waals surface area contributed by atoms with Crippen LogP contribution in [-0.2, 0) is 11.3 Å². The third-order valence-corrected chi connectivity index (χ3v) is 4.67. The monoisotopic (exact) mass is 331 g/mol. The summed E-state index contributed by atoms with van der Waals surface area (Å²) >= 11 is 2.64. The van der Waals surface area contributed by atoms with Crippen LogP contribution in [0.15, 0.2) is 51.7 Å². The van der Waals surface area contributed by atoms with Gasteiger partial charge < -0.3 is 10.3 Å². The average Bonchev–Trinajstić information content (AvgIpc) is 3.01. The standard InChI is InChI=1S/C15H13N3O2S2/c19-12(16-8-10-4-2-1-3-5-10)9-22-15-17-13(20)11-6-7-21-14(11)18-15/h1-7H,8-9H2,(H,16,19)(H,17,18,20). The molecule has 3 aromatic rings. The second-order valence-electron chi connectivity index (χ2n) is 4.56.